The van der Waals surface area contributed by atoms with Gasteiger partial charge in [-0.2, -0.15) is 0 Å². The first-order valence-electron chi connectivity index (χ1n) is 8.15. The highest BCUT2D eigenvalue weighted by atomic mass is 16.5. The average molecular weight is 294 g/mol. The quantitative estimate of drug-likeness (QED) is 0.658. The van der Waals surface area contributed by atoms with Crippen molar-refractivity contribution in [1.29, 1.82) is 0 Å². The fraction of sp³-hybridized carbons (Fsp3) is 0.667. The molecule has 1 aromatic carbocycles. The first kappa shape index (κ1) is 18.1. The minimum atomic E-state index is -0.859. The summed E-state index contributed by atoms with van der Waals surface area (Å²) in [6.07, 6.45) is 4.91. The lowest BCUT2D eigenvalue weighted by Crippen LogP contribution is -2.46. The van der Waals surface area contributed by atoms with E-state index in [9.17, 15) is 5.11 Å². The van der Waals surface area contributed by atoms with Crippen LogP contribution in [-0.4, -0.2) is 35.1 Å². The smallest absolute Gasteiger partial charge is 0.0948 e. The van der Waals surface area contributed by atoms with Gasteiger partial charge in [-0.25, -0.2) is 0 Å². The van der Waals surface area contributed by atoms with Crippen LogP contribution in [0.1, 0.15) is 51.5 Å². The van der Waals surface area contributed by atoms with E-state index in [1.807, 2.05) is 30.3 Å². The number of hydrogen-bond acceptors (Lipinski definition) is 3. The summed E-state index contributed by atoms with van der Waals surface area (Å²) in [4.78, 5) is 0. The number of hydrogen-bond donors (Lipinski definition) is 2. The maximum absolute atomic E-state index is 11.2. The molecule has 0 spiro atoms. The lowest BCUT2D eigenvalue weighted by molar-refractivity contribution is -0.122. The van der Waals surface area contributed by atoms with Gasteiger partial charge in [0.25, 0.3) is 0 Å². The molecule has 0 bridgehead atoms. The first-order valence-corrected chi connectivity index (χ1v) is 8.15. The van der Waals surface area contributed by atoms with Crippen LogP contribution in [-0.2, 0) is 11.2 Å². The summed E-state index contributed by atoms with van der Waals surface area (Å²) in [6, 6.07) is 10.1. The highest BCUT2D eigenvalue weighted by molar-refractivity contribution is 5.17. The summed E-state index contributed by atoms with van der Waals surface area (Å²) in [5, 5.41) is 20.2. The van der Waals surface area contributed by atoms with E-state index in [4.69, 9.17) is 9.84 Å². The Bertz CT molecular complexity index is 366. The van der Waals surface area contributed by atoms with Crippen molar-refractivity contribution in [3.05, 3.63) is 35.9 Å². The average Bonchev–Trinajstić information content (AvgIpc) is 2.50. The van der Waals surface area contributed by atoms with E-state index in [1.165, 1.54) is 0 Å². The van der Waals surface area contributed by atoms with Crippen molar-refractivity contribution in [3.63, 3.8) is 0 Å². The van der Waals surface area contributed by atoms with Crippen molar-refractivity contribution >= 4 is 0 Å². The van der Waals surface area contributed by atoms with Crippen LogP contribution in [0.25, 0.3) is 0 Å². The van der Waals surface area contributed by atoms with Gasteiger partial charge >= 0.3 is 0 Å². The number of ether oxygens (including phenoxy) is 1. The maximum Gasteiger partial charge on any atom is 0.0948 e. The van der Waals surface area contributed by atoms with Crippen molar-refractivity contribution in [2.24, 2.45) is 0 Å². The third kappa shape index (κ3) is 6.16. The van der Waals surface area contributed by atoms with Gasteiger partial charge < -0.3 is 14.9 Å². The number of benzene rings is 1. The Morgan fingerprint density at radius 3 is 2.43 bits per heavy atom. The highest BCUT2D eigenvalue weighted by Gasteiger charge is 2.36. The largest absolute Gasteiger partial charge is 0.394 e. The molecule has 0 fully saturated rings. The predicted octanol–water partition coefficient (Wildman–Crippen LogP) is 3.33. The molecule has 0 aromatic heterocycles. The molecule has 0 aliphatic carbocycles. The van der Waals surface area contributed by atoms with Crippen molar-refractivity contribution in [2.75, 3.05) is 13.2 Å². The van der Waals surface area contributed by atoms with E-state index in [0.29, 0.717) is 6.42 Å². The molecule has 1 rings (SSSR count). The van der Waals surface area contributed by atoms with E-state index >= 15 is 0 Å². The summed E-state index contributed by atoms with van der Waals surface area (Å²) >= 11 is 0. The molecule has 0 heterocycles. The summed E-state index contributed by atoms with van der Waals surface area (Å²) in [6.45, 7) is 4.51. The van der Waals surface area contributed by atoms with Crippen molar-refractivity contribution in [3.8, 4) is 0 Å². The van der Waals surface area contributed by atoms with Gasteiger partial charge in [0.1, 0.15) is 0 Å². The van der Waals surface area contributed by atoms with Crippen molar-refractivity contribution in [1.82, 2.24) is 0 Å². The van der Waals surface area contributed by atoms with Crippen LogP contribution in [0.3, 0.4) is 0 Å². The second-order valence-corrected chi connectivity index (χ2v) is 5.74. The van der Waals surface area contributed by atoms with E-state index in [-0.39, 0.29) is 19.3 Å². The summed E-state index contributed by atoms with van der Waals surface area (Å²) in [5.41, 5.74) is 0.271. The maximum atomic E-state index is 11.2. The zero-order chi connectivity index (χ0) is 15.6. The molecule has 1 aromatic rings. The van der Waals surface area contributed by atoms with Crippen LogP contribution < -0.4 is 0 Å². The van der Waals surface area contributed by atoms with E-state index < -0.39 is 5.60 Å². The van der Waals surface area contributed by atoms with Gasteiger partial charge in [-0.15, -0.1) is 0 Å². The summed E-state index contributed by atoms with van der Waals surface area (Å²) in [7, 11) is 0. The minimum Gasteiger partial charge on any atom is -0.394 e. The molecule has 21 heavy (non-hydrogen) atoms. The Morgan fingerprint density at radius 1 is 1.14 bits per heavy atom. The first-order chi connectivity index (χ1) is 10.2. The van der Waals surface area contributed by atoms with E-state index in [2.05, 4.69) is 13.8 Å². The normalized spacial score (nSPS) is 15.6. The fourth-order valence-electron chi connectivity index (χ4n) is 2.76. The second kappa shape index (κ2) is 9.93. The third-order valence-electron chi connectivity index (χ3n) is 3.88. The van der Waals surface area contributed by atoms with Gasteiger partial charge in [0.15, 0.2) is 0 Å². The molecule has 2 N–H and O–H groups in total. The van der Waals surface area contributed by atoms with Crippen LogP contribution in [0.5, 0.6) is 0 Å². The predicted molar refractivity (Wildman–Crippen MR) is 86.4 cm³/mol. The fourth-order valence-corrected chi connectivity index (χ4v) is 2.76. The van der Waals surface area contributed by atoms with E-state index in [0.717, 1.165) is 37.7 Å². The Labute approximate surface area is 129 Å². The minimum absolute atomic E-state index is 0.00455. The van der Waals surface area contributed by atoms with Gasteiger partial charge in [-0.05, 0) is 18.4 Å². The zero-order valence-corrected chi connectivity index (χ0v) is 13.4. The lowest BCUT2D eigenvalue weighted by atomic mass is 9.82. The molecule has 0 aliphatic heterocycles. The molecule has 0 radical (unpaired) electrons. The SMILES string of the molecule is CCCCC(O)(Cc1ccccc1)C(CCC)OCCO. The van der Waals surface area contributed by atoms with Crippen LogP contribution in [0.2, 0.25) is 0 Å². The van der Waals surface area contributed by atoms with Gasteiger partial charge in [-0.1, -0.05) is 63.4 Å². The molecule has 120 valence electrons. The van der Waals surface area contributed by atoms with Gasteiger partial charge in [0.05, 0.1) is 24.9 Å². The van der Waals surface area contributed by atoms with Crippen LogP contribution in [0.4, 0.5) is 0 Å². The molecular formula is C18H30O3. The number of aliphatic hydroxyl groups excluding tert-OH is 1. The van der Waals surface area contributed by atoms with Crippen LogP contribution in [0.15, 0.2) is 30.3 Å². The Kier molecular flexibility index (Phi) is 8.58. The number of rotatable bonds is 11. The molecule has 0 amide bonds. The molecular weight excluding hydrogens is 264 g/mol. The van der Waals surface area contributed by atoms with Crippen LogP contribution in [0, 0.1) is 0 Å². The van der Waals surface area contributed by atoms with Gasteiger partial charge in [0.2, 0.25) is 0 Å². The van der Waals surface area contributed by atoms with Crippen LogP contribution >= 0.6 is 0 Å². The topological polar surface area (TPSA) is 49.7 Å². The molecule has 3 heteroatoms. The monoisotopic (exact) mass is 294 g/mol. The summed E-state index contributed by atoms with van der Waals surface area (Å²) in [5.74, 6) is 0. The highest BCUT2D eigenvalue weighted by Crippen LogP contribution is 2.29. The molecule has 0 saturated carbocycles. The van der Waals surface area contributed by atoms with Gasteiger partial charge in [-0.3, -0.25) is 0 Å². The number of aliphatic hydroxyl groups is 2. The van der Waals surface area contributed by atoms with Crippen molar-refractivity contribution in [2.45, 2.75) is 64.1 Å². The lowest BCUT2D eigenvalue weighted by Gasteiger charge is -2.36. The summed E-state index contributed by atoms with van der Waals surface area (Å²) < 4.78 is 5.77. The Balaban J connectivity index is 2.87. The van der Waals surface area contributed by atoms with E-state index in [1.54, 1.807) is 0 Å². The molecule has 2 atom stereocenters. The zero-order valence-electron chi connectivity index (χ0n) is 13.4. The number of unbranched alkanes of at least 4 members (excludes halogenated alkanes) is 1. The second-order valence-electron chi connectivity index (χ2n) is 5.74. The third-order valence-corrected chi connectivity index (χ3v) is 3.88. The Hall–Kier alpha value is -0.900. The molecule has 2 unspecified atom stereocenters. The Morgan fingerprint density at radius 2 is 1.86 bits per heavy atom. The molecule has 0 saturated heterocycles. The standard InChI is InChI=1S/C18H30O3/c1-3-5-12-18(20,15-16-10-7-6-8-11-16)17(9-4-2)21-14-13-19/h6-8,10-11,17,19-20H,3-5,9,12-15H2,1-2H3. The molecule has 3 nitrogen and oxygen atoms in total. The molecule has 0 aliphatic rings. The van der Waals surface area contributed by atoms with Crippen molar-refractivity contribution < 1.29 is 14.9 Å². The van der Waals surface area contributed by atoms with Gasteiger partial charge in [0, 0.05) is 6.42 Å².